The summed E-state index contributed by atoms with van der Waals surface area (Å²) in [6.07, 6.45) is 0.781. The molecule has 0 aliphatic heterocycles. The zero-order chi connectivity index (χ0) is 15.4. The highest BCUT2D eigenvalue weighted by Gasteiger charge is 2.13. The number of nitrogens with zero attached hydrogens (tertiary/aromatic N) is 1. The summed E-state index contributed by atoms with van der Waals surface area (Å²) >= 11 is 1.37. The molecule has 1 N–H and O–H groups in total. The Morgan fingerprint density at radius 3 is 2.33 bits per heavy atom. The summed E-state index contributed by atoms with van der Waals surface area (Å²) in [7, 11) is 3.73. The van der Waals surface area contributed by atoms with Crippen molar-refractivity contribution in [3.05, 3.63) is 53.6 Å². The van der Waals surface area contributed by atoms with Crippen molar-refractivity contribution in [2.24, 2.45) is 0 Å². The molecule has 4 nitrogen and oxygen atoms in total. The fourth-order valence-corrected chi connectivity index (χ4v) is 2.71. The number of benzene rings is 2. The number of carboxylic acids is 1. The standard InChI is InChI=1S/C16H15NO3S/c1-17(2)12-5-8-15(14(9-12)16(19)20)21-13-6-3-11(10-18)4-7-13/h3-10H,1-2H3,(H,19,20). The number of hydrogen-bond acceptors (Lipinski definition) is 4. The molecule has 0 saturated carbocycles. The lowest BCUT2D eigenvalue weighted by Crippen LogP contribution is -2.10. The summed E-state index contributed by atoms with van der Waals surface area (Å²) in [6.45, 7) is 0. The van der Waals surface area contributed by atoms with E-state index in [0.29, 0.717) is 10.5 Å². The number of carboxylic acid groups (broad SMARTS) is 1. The Morgan fingerprint density at radius 1 is 1.14 bits per heavy atom. The number of carbonyl (C=O) groups excluding carboxylic acids is 1. The molecular formula is C16H15NO3S. The van der Waals surface area contributed by atoms with Crippen LogP contribution in [0.3, 0.4) is 0 Å². The first-order chi connectivity index (χ1) is 10.0. The fourth-order valence-electron chi connectivity index (χ4n) is 1.79. The van der Waals surface area contributed by atoms with Gasteiger partial charge in [-0.25, -0.2) is 4.79 Å². The maximum Gasteiger partial charge on any atom is 0.336 e. The molecule has 0 unspecified atom stereocenters. The predicted octanol–water partition coefficient (Wildman–Crippen LogP) is 3.41. The second kappa shape index (κ2) is 6.45. The van der Waals surface area contributed by atoms with E-state index in [1.54, 1.807) is 36.4 Å². The normalized spacial score (nSPS) is 10.2. The van der Waals surface area contributed by atoms with Crippen molar-refractivity contribution in [3.63, 3.8) is 0 Å². The molecule has 108 valence electrons. The van der Waals surface area contributed by atoms with Crippen LogP contribution < -0.4 is 4.90 Å². The number of hydrogen-bond donors (Lipinski definition) is 1. The van der Waals surface area contributed by atoms with Crippen LogP contribution in [-0.2, 0) is 0 Å². The van der Waals surface area contributed by atoms with Gasteiger partial charge in [0.2, 0.25) is 0 Å². The Labute approximate surface area is 127 Å². The first-order valence-corrected chi connectivity index (χ1v) is 7.10. The highest BCUT2D eigenvalue weighted by Crippen LogP contribution is 2.32. The number of aldehydes is 1. The SMILES string of the molecule is CN(C)c1ccc(Sc2ccc(C=O)cc2)c(C(=O)O)c1. The quantitative estimate of drug-likeness (QED) is 0.858. The lowest BCUT2D eigenvalue weighted by Gasteiger charge is -2.15. The van der Waals surface area contributed by atoms with Crippen LogP contribution in [0, 0.1) is 0 Å². The van der Waals surface area contributed by atoms with Crippen molar-refractivity contribution in [2.75, 3.05) is 19.0 Å². The van der Waals surface area contributed by atoms with Crippen LogP contribution in [0.1, 0.15) is 20.7 Å². The molecular weight excluding hydrogens is 286 g/mol. The number of anilines is 1. The molecule has 0 aromatic heterocycles. The number of carbonyl (C=O) groups is 2. The summed E-state index contributed by atoms with van der Waals surface area (Å²) in [5.74, 6) is -0.953. The zero-order valence-electron chi connectivity index (χ0n) is 11.7. The van der Waals surface area contributed by atoms with Gasteiger partial charge in [0.05, 0.1) is 5.56 Å². The lowest BCUT2D eigenvalue weighted by molar-refractivity contribution is 0.0693. The van der Waals surface area contributed by atoms with E-state index in [1.807, 2.05) is 25.1 Å². The van der Waals surface area contributed by atoms with Crippen molar-refractivity contribution >= 4 is 29.7 Å². The van der Waals surface area contributed by atoms with Gasteiger partial charge in [-0.15, -0.1) is 0 Å². The van der Waals surface area contributed by atoms with Crippen molar-refractivity contribution in [3.8, 4) is 0 Å². The van der Waals surface area contributed by atoms with E-state index in [-0.39, 0.29) is 5.56 Å². The Bertz CT molecular complexity index is 666. The largest absolute Gasteiger partial charge is 0.478 e. The number of rotatable bonds is 5. The van der Waals surface area contributed by atoms with Crippen LogP contribution in [0.15, 0.2) is 52.3 Å². The molecule has 0 fully saturated rings. The molecule has 21 heavy (non-hydrogen) atoms. The Morgan fingerprint density at radius 2 is 1.81 bits per heavy atom. The molecule has 0 saturated heterocycles. The minimum Gasteiger partial charge on any atom is -0.478 e. The van der Waals surface area contributed by atoms with E-state index >= 15 is 0 Å². The topological polar surface area (TPSA) is 57.6 Å². The van der Waals surface area contributed by atoms with Gasteiger partial charge in [0.1, 0.15) is 6.29 Å². The zero-order valence-corrected chi connectivity index (χ0v) is 12.6. The van der Waals surface area contributed by atoms with Gasteiger partial charge in [-0.05, 0) is 30.3 Å². The van der Waals surface area contributed by atoms with Crippen LogP contribution in [0.4, 0.5) is 5.69 Å². The molecule has 2 rings (SSSR count). The minimum absolute atomic E-state index is 0.269. The highest BCUT2D eigenvalue weighted by atomic mass is 32.2. The average Bonchev–Trinajstić information content (AvgIpc) is 2.48. The Kier molecular flexibility index (Phi) is 4.65. The van der Waals surface area contributed by atoms with Crippen molar-refractivity contribution in [1.82, 2.24) is 0 Å². The van der Waals surface area contributed by atoms with E-state index in [0.717, 1.165) is 16.9 Å². The molecule has 0 radical (unpaired) electrons. The van der Waals surface area contributed by atoms with Crippen LogP contribution in [-0.4, -0.2) is 31.5 Å². The summed E-state index contributed by atoms with van der Waals surface area (Å²) < 4.78 is 0. The molecule has 0 heterocycles. The Hall–Kier alpha value is -2.27. The van der Waals surface area contributed by atoms with Crippen LogP contribution in [0.5, 0.6) is 0 Å². The summed E-state index contributed by atoms with van der Waals surface area (Å²) in [6, 6.07) is 12.4. The van der Waals surface area contributed by atoms with E-state index in [1.165, 1.54) is 11.8 Å². The minimum atomic E-state index is -0.953. The van der Waals surface area contributed by atoms with E-state index in [2.05, 4.69) is 0 Å². The predicted molar refractivity (Wildman–Crippen MR) is 83.7 cm³/mol. The third-order valence-electron chi connectivity index (χ3n) is 2.95. The van der Waals surface area contributed by atoms with Crippen LogP contribution in [0.25, 0.3) is 0 Å². The van der Waals surface area contributed by atoms with E-state index in [4.69, 9.17) is 0 Å². The fraction of sp³-hybridized carbons (Fsp3) is 0.125. The summed E-state index contributed by atoms with van der Waals surface area (Å²) in [5.41, 5.74) is 1.71. The van der Waals surface area contributed by atoms with Crippen LogP contribution >= 0.6 is 11.8 Å². The summed E-state index contributed by atoms with van der Waals surface area (Å²) in [4.78, 5) is 25.5. The second-order valence-electron chi connectivity index (χ2n) is 4.67. The van der Waals surface area contributed by atoms with Crippen molar-refractivity contribution < 1.29 is 14.7 Å². The van der Waals surface area contributed by atoms with E-state index in [9.17, 15) is 14.7 Å². The molecule has 0 aliphatic carbocycles. The molecule has 2 aromatic carbocycles. The van der Waals surface area contributed by atoms with Gasteiger partial charge in [-0.1, -0.05) is 23.9 Å². The maximum absolute atomic E-state index is 11.4. The molecule has 0 aliphatic rings. The monoisotopic (exact) mass is 301 g/mol. The van der Waals surface area contributed by atoms with Gasteiger partial charge in [-0.2, -0.15) is 0 Å². The molecule has 5 heteroatoms. The van der Waals surface area contributed by atoms with Crippen molar-refractivity contribution in [1.29, 1.82) is 0 Å². The van der Waals surface area contributed by atoms with Gasteiger partial charge in [0, 0.05) is 35.1 Å². The van der Waals surface area contributed by atoms with Gasteiger partial charge in [0.15, 0.2) is 0 Å². The maximum atomic E-state index is 11.4. The van der Waals surface area contributed by atoms with Gasteiger partial charge >= 0.3 is 5.97 Å². The molecule has 2 aromatic rings. The third kappa shape index (κ3) is 3.64. The lowest BCUT2D eigenvalue weighted by atomic mass is 10.2. The first-order valence-electron chi connectivity index (χ1n) is 6.29. The molecule has 0 bridgehead atoms. The van der Waals surface area contributed by atoms with Gasteiger partial charge in [0.25, 0.3) is 0 Å². The van der Waals surface area contributed by atoms with E-state index < -0.39 is 5.97 Å². The first kappa shape index (κ1) is 15.1. The summed E-state index contributed by atoms with van der Waals surface area (Å²) in [5, 5.41) is 9.35. The average molecular weight is 301 g/mol. The van der Waals surface area contributed by atoms with Crippen LogP contribution in [0.2, 0.25) is 0 Å². The molecule has 0 spiro atoms. The van der Waals surface area contributed by atoms with Crippen molar-refractivity contribution in [2.45, 2.75) is 9.79 Å². The Balaban J connectivity index is 2.33. The number of aromatic carboxylic acids is 1. The van der Waals surface area contributed by atoms with Gasteiger partial charge < -0.3 is 10.0 Å². The smallest absolute Gasteiger partial charge is 0.336 e. The molecule has 0 atom stereocenters. The second-order valence-corrected chi connectivity index (χ2v) is 5.78. The third-order valence-corrected chi connectivity index (χ3v) is 4.04. The highest BCUT2D eigenvalue weighted by molar-refractivity contribution is 7.99. The van der Waals surface area contributed by atoms with Gasteiger partial charge in [-0.3, -0.25) is 4.79 Å². The molecule has 0 amide bonds.